The molecule has 1 amide bonds. The normalized spacial score (nSPS) is 12.5. The lowest BCUT2D eigenvalue weighted by Crippen LogP contribution is -2.41. The van der Waals surface area contributed by atoms with Crippen molar-refractivity contribution in [2.24, 2.45) is 5.92 Å². The van der Waals surface area contributed by atoms with E-state index in [2.05, 4.69) is 0 Å². The van der Waals surface area contributed by atoms with Crippen LogP contribution in [-0.4, -0.2) is 56.3 Å². The number of sulfone groups is 1. The molecule has 24 heavy (non-hydrogen) atoms. The van der Waals surface area contributed by atoms with Crippen molar-refractivity contribution in [1.82, 2.24) is 4.90 Å². The van der Waals surface area contributed by atoms with E-state index in [-0.39, 0.29) is 17.2 Å². The highest BCUT2D eigenvalue weighted by molar-refractivity contribution is 7.91. The monoisotopic (exact) mass is 357 g/mol. The number of carbonyl (C=O) groups is 2. The minimum Gasteiger partial charge on any atom is -0.497 e. The number of ether oxygens (including phenoxy) is 1. The van der Waals surface area contributed by atoms with Crippen LogP contribution >= 0.6 is 0 Å². The first kappa shape index (κ1) is 20.0. The van der Waals surface area contributed by atoms with E-state index in [0.717, 1.165) is 0 Å². The molecule has 0 saturated carbocycles. The van der Waals surface area contributed by atoms with Crippen molar-refractivity contribution >= 4 is 21.7 Å². The van der Waals surface area contributed by atoms with Gasteiger partial charge in [0, 0.05) is 12.5 Å². The van der Waals surface area contributed by atoms with Crippen LogP contribution in [0.5, 0.6) is 5.75 Å². The summed E-state index contributed by atoms with van der Waals surface area (Å²) < 4.78 is 29.8. The number of benzene rings is 1. The molecule has 0 spiro atoms. The van der Waals surface area contributed by atoms with Gasteiger partial charge in [0.1, 0.15) is 12.3 Å². The van der Waals surface area contributed by atoms with Crippen LogP contribution in [0.2, 0.25) is 0 Å². The molecule has 0 bridgehead atoms. The summed E-state index contributed by atoms with van der Waals surface area (Å²) in [6.07, 6.45) is 0.594. The van der Waals surface area contributed by atoms with Gasteiger partial charge in [-0.3, -0.25) is 9.59 Å². The number of rotatable bonds is 9. The largest absolute Gasteiger partial charge is 0.497 e. The minimum absolute atomic E-state index is 0.100. The molecule has 0 saturated heterocycles. The van der Waals surface area contributed by atoms with Gasteiger partial charge in [0.2, 0.25) is 5.91 Å². The maximum Gasteiger partial charge on any atom is 0.323 e. The molecule has 0 radical (unpaired) electrons. The Morgan fingerprint density at radius 2 is 1.83 bits per heavy atom. The SMILES string of the molecule is CCCN(CC(=O)O)C(=O)C(C)CS(=O)(=O)c1ccc(OC)cc1. The summed E-state index contributed by atoms with van der Waals surface area (Å²) in [7, 11) is -2.18. The second kappa shape index (κ2) is 8.68. The summed E-state index contributed by atoms with van der Waals surface area (Å²) in [5.74, 6) is -2.27. The van der Waals surface area contributed by atoms with E-state index in [9.17, 15) is 18.0 Å². The molecule has 7 nitrogen and oxygen atoms in total. The molecular formula is C16H23NO6S. The van der Waals surface area contributed by atoms with Gasteiger partial charge in [0.25, 0.3) is 0 Å². The van der Waals surface area contributed by atoms with Crippen LogP contribution in [-0.2, 0) is 19.4 Å². The average Bonchev–Trinajstić information content (AvgIpc) is 2.53. The quantitative estimate of drug-likeness (QED) is 0.717. The lowest BCUT2D eigenvalue weighted by molar-refractivity contribution is -0.145. The third-order valence-electron chi connectivity index (χ3n) is 3.44. The van der Waals surface area contributed by atoms with Crippen LogP contribution in [0, 0.1) is 5.92 Å². The number of nitrogens with zero attached hydrogens (tertiary/aromatic N) is 1. The molecule has 1 aromatic rings. The highest BCUT2D eigenvalue weighted by atomic mass is 32.2. The second-order valence-corrected chi connectivity index (χ2v) is 7.55. The first-order valence-electron chi connectivity index (χ1n) is 7.58. The maximum absolute atomic E-state index is 12.4. The van der Waals surface area contributed by atoms with Gasteiger partial charge in [-0.15, -0.1) is 0 Å². The summed E-state index contributed by atoms with van der Waals surface area (Å²) in [5.41, 5.74) is 0. The smallest absolute Gasteiger partial charge is 0.323 e. The van der Waals surface area contributed by atoms with Gasteiger partial charge in [-0.1, -0.05) is 13.8 Å². The number of amides is 1. The lowest BCUT2D eigenvalue weighted by atomic mass is 10.2. The Bertz CT molecular complexity index is 668. The maximum atomic E-state index is 12.4. The molecule has 0 fully saturated rings. The summed E-state index contributed by atoms with van der Waals surface area (Å²) >= 11 is 0. The highest BCUT2D eigenvalue weighted by Crippen LogP contribution is 2.19. The zero-order chi connectivity index (χ0) is 18.3. The molecule has 1 N–H and O–H groups in total. The molecule has 1 atom stereocenters. The molecule has 134 valence electrons. The Kier molecular flexibility index (Phi) is 7.21. The second-order valence-electron chi connectivity index (χ2n) is 5.51. The van der Waals surface area contributed by atoms with Crippen molar-refractivity contribution in [3.05, 3.63) is 24.3 Å². The van der Waals surface area contributed by atoms with Gasteiger partial charge < -0.3 is 14.7 Å². The summed E-state index contributed by atoms with van der Waals surface area (Å²) in [5, 5.41) is 8.88. The van der Waals surface area contributed by atoms with Crippen molar-refractivity contribution in [3.8, 4) is 5.75 Å². The van der Waals surface area contributed by atoms with Crippen LogP contribution in [0.4, 0.5) is 0 Å². The Hall–Kier alpha value is -2.09. The van der Waals surface area contributed by atoms with Crippen molar-refractivity contribution in [1.29, 1.82) is 0 Å². The first-order valence-corrected chi connectivity index (χ1v) is 9.23. The van der Waals surface area contributed by atoms with E-state index < -0.39 is 34.2 Å². The number of hydrogen-bond acceptors (Lipinski definition) is 5. The Labute approximate surface area is 142 Å². The molecular weight excluding hydrogens is 334 g/mol. The lowest BCUT2D eigenvalue weighted by Gasteiger charge is -2.23. The zero-order valence-corrected chi connectivity index (χ0v) is 14.9. The number of carboxylic acids is 1. The third kappa shape index (κ3) is 5.52. The number of carbonyl (C=O) groups excluding carboxylic acids is 1. The highest BCUT2D eigenvalue weighted by Gasteiger charge is 2.27. The molecule has 1 unspecified atom stereocenters. The standard InChI is InChI=1S/C16H23NO6S/c1-4-9-17(10-15(18)19)16(20)12(2)11-24(21,22)14-7-5-13(23-3)6-8-14/h5-8,12H,4,9-11H2,1-3H3,(H,18,19). The van der Waals surface area contributed by atoms with E-state index in [1.807, 2.05) is 6.92 Å². The molecule has 0 heterocycles. The van der Waals surface area contributed by atoms with Crippen LogP contribution in [0.25, 0.3) is 0 Å². The van der Waals surface area contributed by atoms with E-state index in [0.29, 0.717) is 12.2 Å². The fourth-order valence-electron chi connectivity index (χ4n) is 2.29. The average molecular weight is 357 g/mol. The fourth-order valence-corrected chi connectivity index (χ4v) is 3.84. The van der Waals surface area contributed by atoms with Crippen LogP contribution in [0.3, 0.4) is 0 Å². The summed E-state index contributed by atoms with van der Waals surface area (Å²) in [4.78, 5) is 24.5. The van der Waals surface area contributed by atoms with Crippen molar-refractivity contribution < 1.29 is 27.9 Å². The van der Waals surface area contributed by atoms with Crippen LogP contribution in [0.1, 0.15) is 20.3 Å². The molecule has 1 aromatic carbocycles. The third-order valence-corrected chi connectivity index (χ3v) is 5.37. The van der Waals surface area contributed by atoms with E-state index in [1.165, 1.54) is 43.2 Å². The van der Waals surface area contributed by atoms with Crippen LogP contribution in [0.15, 0.2) is 29.2 Å². The van der Waals surface area contributed by atoms with Crippen LogP contribution < -0.4 is 4.74 Å². The van der Waals surface area contributed by atoms with Crippen molar-refractivity contribution in [2.75, 3.05) is 26.0 Å². The number of hydrogen-bond donors (Lipinski definition) is 1. The Morgan fingerprint density at radius 1 is 1.25 bits per heavy atom. The van der Waals surface area contributed by atoms with Gasteiger partial charge in [-0.2, -0.15) is 0 Å². The zero-order valence-electron chi connectivity index (χ0n) is 14.1. The van der Waals surface area contributed by atoms with Crippen molar-refractivity contribution in [2.45, 2.75) is 25.2 Å². The van der Waals surface area contributed by atoms with Crippen molar-refractivity contribution in [3.63, 3.8) is 0 Å². The van der Waals surface area contributed by atoms with Gasteiger partial charge >= 0.3 is 5.97 Å². The first-order chi connectivity index (χ1) is 11.2. The predicted octanol–water partition coefficient (Wildman–Crippen LogP) is 1.43. The van der Waals surface area contributed by atoms with E-state index in [1.54, 1.807) is 0 Å². The molecule has 0 aromatic heterocycles. The molecule has 8 heteroatoms. The number of methoxy groups -OCH3 is 1. The van der Waals surface area contributed by atoms with Gasteiger partial charge in [-0.25, -0.2) is 8.42 Å². The number of aliphatic carboxylic acids is 1. The topological polar surface area (TPSA) is 101 Å². The molecule has 1 rings (SSSR count). The summed E-state index contributed by atoms with van der Waals surface area (Å²) in [6, 6.07) is 5.92. The van der Waals surface area contributed by atoms with Gasteiger partial charge in [0.05, 0.1) is 17.8 Å². The van der Waals surface area contributed by atoms with Gasteiger partial charge in [0.15, 0.2) is 9.84 Å². The van der Waals surface area contributed by atoms with E-state index in [4.69, 9.17) is 9.84 Å². The fraction of sp³-hybridized carbons (Fsp3) is 0.500. The van der Waals surface area contributed by atoms with E-state index >= 15 is 0 Å². The minimum atomic E-state index is -3.66. The Balaban J connectivity index is 2.87. The predicted molar refractivity (Wildman–Crippen MR) is 88.7 cm³/mol. The Morgan fingerprint density at radius 3 is 2.29 bits per heavy atom. The molecule has 0 aliphatic heterocycles. The summed E-state index contributed by atoms with van der Waals surface area (Å²) in [6.45, 7) is 3.16. The number of carboxylic acid groups (broad SMARTS) is 1. The molecule has 0 aliphatic carbocycles. The molecule has 0 aliphatic rings. The van der Waals surface area contributed by atoms with Gasteiger partial charge in [-0.05, 0) is 30.7 Å².